The summed E-state index contributed by atoms with van der Waals surface area (Å²) in [4.78, 5) is 14.0. The van der Waals surface area contributed by atoms with Gasteiger partial charge in [0.1, 0.15) is 0 Å². The number of hydrogen-bond acceptors (Lipinski definition) is 2. The summed E-state index contributed by atoms with van der Waals surface area (Å²) in [5.41, 5.74) is 0. The fraction of sp³-hybridized carbons (Fsp3) is 0.875. The van der Waals surface area contributed by atoms with E-state index in [0.717, 1.165) is 0 Å². The molecular formula is C8H19CoO4P2+2. The summed E-state index contributed by atoms with van der Waals surface area (Å²) in [6.45, 7) is 8.42. The molecule has 1 unspecified atom stereocenters. The third-order valence-electron chi connectivity index (χ3n) is 1.54. The molecule has 0 amide bonds. The summed E-state index contributed by atoms with van der Waals surface area (Å²) in [5, 5.41) is 0. The molecule has 0 aliphatic rings. The first-order chi connectivity index (χ1) is 6.64. The molecule has 0 aromatic rings. The van der Waals surface area contributed by atoms with Gasteiger partial charge in [-0.2, -0.15) is 5.92 Å². The molecule has 2 N–H and O–H groups in total. The van der Waals surface area contributed by atoms with Crippen LogP contribution in [0.5, 0.6) is 0 Å². The van der Waals surface area contributed by atoms with E-state index in [1.54, 1.807) is 0 Å². The zero-order valence-corrected chi connectivity index (χ0v) is 11.9. The van der Waals surface area contributed by atoms with Crippen molar-refractivity contribution in [1.29, 1.82) is 0 Å². The molecule has 92 valence electrons. The van der Waals surface area contributed by atoms with Crippen molar-refractivity contribution in [3.05, 3.63) is 6.92 Å². The summed E-state index contributed by atoms with van der Waals surface area (Å²) in [6.07, 6.45) is 5.21. The Morgan fingerprint density at radius 2 is 1.53 bits per heavy atom. The van der Waals surface area contributed by atoms with E-state index in [1.165, 1.54) is 25.7 Å². The van der Waals surface area contributed by atoms with Crippen LogP contribution in [-0.2, 0) is 25.9 Å². The van der Waals surface area contributed by atoms with Crippen LogP contribution in [0.3, 0.4) is 0 Å². The van der Waals surface area contributed by atoms with Gasteiger partial charge in [-0.25, -0.2) is 9.13 Å². The standard InChI is InChI=1S/C8H17.Co.2HO2P/c1-4-6-7-8(3)5-2;;2*1-3-2/h8H,3-7H2,1-2H3;;2*(H,1,2)/q-1;+3;;. The Labute approximate surface area is 106 Å². The van der Waals surface area contributed by atoms with Gasteiger partial charge in [0, 0.05) is 0 Å². The van der Waals surface area contributed by atoms with E-state index in [-0.39, 0.29) is 16.8 Å². The summed E-state index contributed by atoms with van der Waals surface area (Å²) in [7, 11) is -1.67. The largest absolute Gasteiger partial charge is 3.00 e. The van der Waals surface area contributed by atoms with E-state index in [4.69, 9.17) is 18.9 Å². The normalized spacial score (nSPS) is 10.2. The zero-order chi connectivity index (χ0) is 11.8. The van der Waals surface area contributed by atoms with Crippen molar-refractivity contribution in [3.8, 4) is 0 Å². The van der Waals surface area contributed by atoms with Gasteiger partial charge in [0.05, 0.1) is 0 Å². The van der Waals surface area contributed by atoms with Gasteiger partial charge in [0.2, 0.25) is 0 Å². The number of unbranched alkanes of at least 4 members (excludes halogenated alkanes) is 1. The molecule has 0 rings (SSSR count). The molecule has 4 nitrogen and oxygen atoms in total. The first kappa shape index (κ1) is 24.7. The smallest absolute Gasteiger partial charge is 0.340 e. The Morgan fingerprint density at radius 3 is 1.73 bits per heavy atom. The molecule has 0 aliphatic carbocycles. The summed E-state index contributed by atoms with van der Waals surface area (Å²) in [5.74, 6) is 0.704. The third kappa shape index (κ3) is 53.1. The van der Waals surface area contributed by atoms with Crippen molar-refractivity contribution in [3.63, 3.8) is 0 Å². The second-order valence-corrected chi connectivity index (χ2v) is 2.91. The Hall–Kier alpha value is 0.626. The average Bonchev–Trinajstić information content (AvgIpc) is 2.16. The maximum Gasteiger partial charge on any atom is 3.00 e. The molecule has 0 fully saturated rings. The molecule has 0 heterocycles. The average molecular weight is 300 g/mol. The van der Waals surface area contributed by atoms with E-state index in [9.17, 15) is 0 Å². The van der Waals surface area contributed by atoms with Gasteiger partial charge in [-0.05, 0) is 0 Å². The van der Waals surface area contributed by atoms with Crippen LogP contribution in [0.4, 0.5) is 0 Å². The van der Waals surface area contributed by atoms with Crippen LogP contribution in [0.25, 0.3) is 0 Å². The van der Waals surface area contributed by atoms with Gasteiger partial charge in [-0.15, -0.1) is 0 Å². The Kier molecular flexibility index (Phi) is 48.3. The van der Waals surface area contributed by atoms with Crippen LogP contribution in [0.1, 0.15) is 39.5 Å². The van der Waals surface area contributed by atoms with Crippen LogP contribution in [0, 0.1) is 12.8 Å². The predicted octanol–water partition coefficient (Wildman–Crippen LogP) is 3.41. The van der Waals surface area contributed by atoms with Crippen LogP contribution in [0.15, 0.2) is 0 Å². The number of rotatable bonds is 4. The second kappa shape index (κ2) is 29.3. The maximum atomic E-state index is 8.46. The van der Waals surface area contributed by atoms with Gasteiger partial charge < -0.3 is 16.7 Å². The summed E-state index contributed by atoms with van der Waals surface area (Å²) in [6, 6.07) is 0. The predicted molar refractivity (Wildman–Crippen MR) is 58.3 cm³/mol. The van der Waals surface area contributed by atoms with Crippen LogP contribution in [-0.4, -0.2) is 9.79 Å². The van der Waals surface area contributed by atoms with E-state index < -0.39 is 17.4 Å². The minimum Gasteiger partial charge on any atom is -0.340 e. The third-order valence-corrected chi connectivity index (χ3v) is 1.54. The fourth-order valence-electron chi connectivity index (χ4n) is 0.697. The second-order valence-electron chi connectivity index (χ2n) is 2.58. The Bertz CT molecular complexity index is 111. The molecule has 0 saturated carbocycles. The molecule has 7 heteroatoms. The van der Waals surface area contributed by atoms with Crippen molar-refractivity contribution >= 4 is 17.4 Å². The minimum atomic E-state index is -0.833. The zero-order valence-electron chi connectivity index (χ0n) is 9.05. The molecule has 0 radical (unpaired) electrons. The molecule has 1 atom stereocenters. The Balaban J connectivity index is -0.0000000733. The summed E-state index contributed by atoms with van der Waals surface area (Å²) < 4.78 is 16.9. The quantitative estimate of drug-likeness (QED) is 0.616. The van der Waals surface area contributed by atoms with E-state index in [2.05, 4.69) is 20.8 Å². The van der Waals surface area contributed by atoms with E-state index in [1.807, 2.05) is 0 Å². The fourth-order valence-corrected chi connectivity index (χ4v) is 0.697. The van der Waals surface area contributed by atoms with E-state index >= 15 is 0 Å². The molecule has 0 aliphatic heterocycles. The molecule has 0 bridgehead atoms. The molecule has 0 aromatic heterocycles. The molecular weight excluding hydrogens is 281 g/mol. The summed E-state index contributed by atoms with van der Waals surface area (Å²) >= 11 is 0. The Morgan fingerprint density at radius 1 is 1.20 bits per heavy atom. The van der Waals surface area contributed by atoms with Crippen LogP contribution < -0.4 is 0 Å². The molecule has 0 aromatic carbocycles. The minimum absolute atomic E-state index is 0. The van der Waals surface area contributed by atoms with Crippen molar-refractivity contribution in [2.45, 2.75) is 39.5 Å². The van der Waals surface area contributed by atoms with Crippen molar-refractivity contribution < 1.29 is 35.7 Å². The molecule has 15 heavy (non-hydrogen) atoms. The van der Waals surface area contributed by atoms with Crippen LogP contribution >= 0.6 is 17.4 Å². The van der Waals surface area contributed by atoms with Gasteiger partial charge in [-0.1, -0.05) is 39.5 Å². The van der Waals surface area contributed by atoms with Gasteiger partial charge in [-0.3, -0.25) is 0 Å². The SMILES string of the molecule is O=PO.O=PO.[CH2-]C(CC)CCCC.[Co+3]. The monoisotopic (exact) mass is 300 g/mol. The van der Waals surface area contributed by atoms with E-state index in [0.29, 0.717) is 5.92 Å². The molecule has 0 saturated heterocycles. The first-order valence-corrected chi connectivity index (χ1v) is 5.93. The van der Waals surface area contributed by atoms with Gasteiger partial charge in [0.15, 0.2) is 0 Å². The van der Waals surface area contributed by atoms with Crippen molar-refractivity contribution in [2.24, 2.45) is 5.92 Å². The molecule has 0 spiro atoms. The van der Waals surface area contributed by atoms with Gasteiger partial charge >= 0.3 is 34.2 Å². The topological polar surface area (TPSA) is 74.6 Å². The van der Waals surface area contributed by atoms with Gasteiger partial charge in [0.25, 0.3) is 0 Å². The van der Waals surface area contributed by atoms with Crippen molar-refractivity contribution in [1.82, 2.24) is 0 Å². The first-order valence-electron chi connectivity index (χ1n) is 4.40. The van der Waals surface area contributed by atoms with Crippen molar-refractivity contribution in [2.75, 3.05) is 0 Å². The number of hydrogen-bond donors (Lipinski definition) is 2. The maximum absolute atomic E-state index is 8.46. The van der Waals surface area contributed by atoms with Crippen LogP contribution in [0.2, 0.25) is 0 Å².